The highest BCUT2D eigenvalue weighted by molar-refractivity contribution is 5.95. The second-order valence-corrected chi connectivity index (χ2v) is 8.24. The third kappa shape index (κ3) is 5.65. The summed E-state index contributed by atoms with van der Waals surface area (Å²) < 4.78 is 0. The van der Waals surface area contributed by atoms with Crippen LogP contribution in [-0.2, 0) is 19.5 Å². The molecule has 0 spiro atoms. The zero-order chi connectivity index (χ0) is 22.2. The van der Waals surface area contributed by atoms with Crippen LogP contribution in [-0.4, -0.2) is 29.0 Å². The third-order valence-electron chi connectivity index (χ3n) is 5.91. The van der Waals surface area contributed by atoms with Gasteiger partial charge in [-0.2, -0.15) is 0 Å². The summed E-state index contributed by atoms with van der Waals surface area (Å²) in [5, 5.41) is 13.2. The number of nitrogens with zero attached hydrogens (tertiary/aromatic N) is 1. The van der Waals surface area contributed by atoms with Crippen molar-refractivity contribution >= 4 is 12.0 Å². The van der Waals surface area contributed by atoms with Crippen molar-refractivity contribution in [1.82, 2.24) is 10.2 Å². The first-order chi connectivity index (χ1) is 15.7. The van der Waals surface area contributed by atoms with Gasteiger partial charge in [-0.1, -0.05) is 72.8 Å². The largest absolute Gasteiger partial charge is 0.508 e. The molecule has 4 heteroatoms. The van der Waals surface area contributed by atoms with E-state index >= 15 is 0 Å². The van der Waals surface area contributed by atoms with Crippen molar-refractivity contribution in [2.75, 3.05) is 13.1 Å². The van der Waals surface area contributed by atoms with Crippen molar-refractivity contribution in [3.63, 3.8) is 0 Å². The molecule has 32 heavy (non-hydrogen) atoms. The van der Waals surface area contributed by atoms with Crippen LogP contribution < -0.4 is 5.32 Å². The summed E-state index contributed by atoms with van der Waals surface area (Å²) >= 11 is 0. The molecule has 0 atom stereocenters. The van der Waals surface area contributed by atoms with Crippen molar-refractivity contribution in [2.24, 2.45) is 0 Å². The van der Waals surface area contributed by atoms with E-state index in [0.717, 1.165) is 54.6 Å². The molecule has 0 aliphatic carbocycles. The topological polar surface area (TPSA) is 52.6 Å². The molecule has 2 N–H and O–H groups in total. The average molecular weight is 427 g/mol. The van der Waals surface area contributed by atoms with E-state index in [2.05, 4.69) is 40.6 Å². The molecule has 0 unspecified atom stereocenters. The molecule has 1 aliphatic heterocycles. The Kier molecular flexibility index (Phi) is 7.36. The monoisotopic (exact) mass is 426 g/mol. The lowest BCUT2D eigenvalue weighted by molar-refractivity contribution is 0.0952. The Bertz CT molecular complexity index is 1080. The number of aromatic hydroxyl groups is 1. The van der Waals surface area contributed by atoms with E-state index in [-0.39, 0.29) is 5.91 Å². The van der Waals surface area contributed by atoms with Gasteiger partial charge in [0.25, 0.3) is 5.91 Å². The maximum absolute atomic E-state index is 12.9. The Labute approximate surface area is 190 Å². The van der Waals surface area contributed by atoms with Crippen molar-refractivity contribution in [3.8, 4) is 5.75 Å². The zero-order valence-corrected chi connectivity index (χ0v) is 18.3. The molecule has 1 aliphatic rings. The van der Waals surface area contributed by atoms with E-state index in [1.54, 1.807) is 6.07 Å². The molecule has 0 bridgehead atoms. The number of nitrogens with one attached hydrogen (secondary N) is 1. The number of phenolic OH excluding ortho intramolecular Hbond substituents is 1. The first kappa shape index (κ1) is 21.8. The highest BCUT2D eigenvalue weighted by atomic mass is 16.3. The molecule has 3 aromatic carbocycles. The fourth-order valence-electron chi connectivity index (χ4n) is 4.26. The Morgan fingerprint density at radius 3 is 2.69 bits per heavy atom. The summed E-state index contributed by atoms with van der Waals surface area (Å²) in [5.41, 5.74) is 5.17. The summed E-state index contributed by atoms with van der Waals surface area (Å²) in [6.45, 7) is 3.04. The van der Waals surface area contributed by atoms with Gasteiger partial charge in [-0.25, -0.2) is 0 Å². The van der Waals surface area contributed by atoms with Crippen LogP contribution in [0.1, 0.15) is 45.5 Å². The Balaban J connectivity index is 1.36. The van der Waals surface area contributed by atoms with Gasteiger partial charge in [0.2, 0.25) is 0 Å². The van der Waals surface area contributed by atoms with Crippen molar-refractivity contribution in [3.05, 3.63) is 107 Å². The Morgan fingerprint density at radius 2 is 1.81 bits per heavy atom. The quantitative estimate of drug-likeness (QED) is 0.512. The van der Waals surface area contributed by atoms with Crippen LogP contribution in [0.4, 0.5) is 0 Å². The Morgan fingerprint density at radius 1 is 1.00 bits per heavy atom. The van der Waals surface area contributed by atoms with Gasteiger partial charge < -0.3 is 10.4 Å². The molecular formula is C28H30N2O2. The van der Waals surface area contributed by atoms with Crippen LogP contribution in [0.15, 0.2) is 78.9 Å². The number of rotatable bonds is 7. The molecule has 0 aromatic heterocycles. The molecule has 1 amide bonds. The highest BCUT2D eigenvalue weighted by Gasteiger charge is 2.19. The van der Waals surface area contributed by atoms with Crippen molar-refractivity contribution < 1.29 is 9.90 Å². The number of carbonyl (C=O) groups is 1. The number of amides is 1. The van der Waals surface area contributed by atoms with Gasteiger partial charge in [0.15, 0.2) is 0 Å². The third-order valence-corrected chi connectivity index (χ3v) is 5.91. The minimum atomic E-state index is -0.0263. The minimum absolute atomic E-state index is 0.0263. The number of hydrogen-bond donors (Lipinski definition) is 2. The van der Waals surface area contributed by atoms with Gasteiger partial charge in [-0.05, 0) is 60.2 Å². The lowest BCUT2D eigenvalue weighted by Crippen LogP contribution is -2.28. The summed E-state index contributed by atoms with van der Waals surface area (Å²) in [6.07, 6.45) is 6.83. The smallest absolute Gasteiger partial charge is 0.251 e. The van der Waals surface area contributed by atoms with Crippen LogP contribution in [0.2, 0.25) is 0 Å². The molecule has 4 nitrogen and oxygen atoms in total. The second-order valence-electron chi connectivity index (χ2n) is 8.24. The molecule has 0 saturated heterocycles. The van der Waals surface area contributed by atoms with E-state index in [1.807, 2.05) is 48.5 Å². The van der Waals surface area contributed by atoms with Gasteiger partial charge in [0.05, 0.1) is 0 Å². The molecule has 4 rings (SSSR count). The first-order valence-electron chi connectivity index (χ1n) is 11.3. The van der Waals surface area contributed by atoms with Crippen LogP contribution >= 0.6 is 0 Å². The maximum Gasteiger partial charge on any atom is 0.251 e. The fraction of sp³-hybridized carbons (Fsp3) is 0.250. The number of benzene rings is 3. The van der Waals surface area contributed by atoms with E-state index in [1.165, 1.54) is 5.56 Å². The van der Waals surface area contributed by atoms with Crippen LogP contribution in [0.3, 0.4) is 0 Å². The lowest BCUT2D eigenvalue weighted by atomic mass is 10.0. The average Bonchev–Trinajstić information content (AvgIpc) is 3.02. The van der Waals surface area contributed by atoms with Crippen LogP contribution in [0, 0.1) is 0 Å². The number of fused-ring (bicyclic) bond motifs is 1. The predicted molar refractivity (Wildman–Crippen MR) is 129 cm³/mol. The highest BCUT2D eigenvalue weighted by Crippen LogP contribution is 2.27. The number of phenols is 1. The van der Waals surface area contributed by atoms with Crippen LogP contribution in [0.25, 0.3) is 6.08 Å². The Hall–Kier alpha value is -3.37. The standard InChI is InChI=1S/C28H30N2O2/c31-27-17-8-14-23-20-30(19-9-16-25(23)27)21-24-13-4-5-15-26(24)28(32)29-18-7-6-12-22-10-2-1-3-11-22/h1-6,8,10-15,17,31H,7,9,16,18-21H2,(H,29,32). The molecule has 0 fully saturated rings. The fourth-order valence-corrected chi connectivity index (χ4v) is 4.26. The van der Waals surface area contributed by atoms with Gasteiger partial charge >= 0.3 is 0 Å². The van der Waals surface area contributed by atoms with Gasteiger partial charge in [0, 0.05) is 25.2 Å². The van der Waals surface area contributed by atoms with E-state index in [4.69, 9.17) is 0 Å². The van der Waals surface area contributed by atoms with E-state index in [9.17, 15) is 9.90 Å². The zero-order valence-electron chi connectivity index (χ0n) is 18.3. The first-order valence-corrected chi connectivity index (χ1v) is 11.3. The summed E-state index contributed by atoms with van der Waals surface area (Å²) in [4.78, 5) is 15.2. The van der Waals surface area contributed by atoms with E-state index < -0.39 is 0 Å². The molecule has 164 valence electrons. The minimum Gasteiger partial charge on any atom is -0.508 e. The van der Waals surface area contributed by atoms with Gasteiger partial charge in [-0.15, -0.1) is 0 Å². The van der Waals surface area contributed by atoms with Crippen molar-refractivity contribution in [1.29, 1.82) is 0 Å². The van der Waals surface area contributed by atoms with Crippen LogP contribution in [0.5, 0.6) is 5.75 Å². The molecule has 0 saturated carbocycles. The predicted octanol–water partition coefficient (Wildman–Crippen LogP) is 5.17. The van der Waals surface area contributed by atoms with E-state index in [0.29, 0.717) is 18.8 Å². The summed E-state index contributed by atoms with van der Waals surface area (Å²) in [5.74, 6) is 0.368. The second kappa shape index (κ2) is 10.8. The van der Waals surface area contributed by atoms with Gasteiger partial charge in [-0.3, -0.25) is 9.69 Å². The normalized spacial score (nSPS) is 14.1. The number of hydrogen-bond acceptors (Lipinski definition) is 3. The van der Waals surface area contributed by atoms with Gasteiger partial charge in [0.1, 0.15) is 5.75 Å². The molecule has 1 heterocycles. The maximum atomic E-state index is 12.9. The molecule has 3 aromatic rings. The molecule has 0 radical (unpaired) electrons. The molecular weight excluding hydrogens is 396 g/mol. The lowest BCUT2D eigenvalue weighted by Gasteiger charge is -2.22. The summed E-state index contributed by atoms with van der Waals surface area (Å²) in [6, 6.07) is 23.8. The SMILES string of the molecule is O=C(NCCC=Cc1ccccc1)c1ccccc1CN1CCCc2c(O)cccc2C1. The summed E-state index contributed by atoms with van der Waals surface area (Å²) in [7, 11) is 0. The number of carbonyl (C=O) groups excluding carboxylic acids is 1. The van der Waals surface area contributed by atoms with Crippen molar-refractivity contribution in [2.45, 2.75) is 32.4 Å².